The van der Waals surface area contributed by atoms with E-state index in [0.29, 0.717) is 31.5 Å². The number of carbonyl (C=O) groups excluding carboxylic acids is 1. The highest BCUT2D eigenvalue weighted by Crippen LogP contribution is 2.50. The molecule has 2 fully saturated rings. The maximum atomic E-state index is 13.0. The molecule has 2 saturated heterocycles. The van der Waals surface area contributed by atoms with Gasteiger partial charge in [0.1, 0.15) is 12.2 Å². The Morgan fingerprint density at radius 3 is 2.76 bits per heavy atom. The number of nitrogens with zero attached hydrogens (tertiary/aromatic N) is 1. The van der Waals surface area contributed by atoms with E-state index in [1.54, 1.807) is 6.08 Å². The smallest absolute Gasteiger partial charge is 0.190 e. The third-order valence-corrected chi connectivity index (χ3v) is 7.64. The van der Waals surface area contributed by atoms with Gasteiger partial charge in [0.25, 0.3) is 0 Å². The van der Waals surface area contributed by atoms with Crippen LogP contribution in [0.1, 0.15) is 51.9 Å². The molecule has 6 nitrogen and oxygen atoms in total. The number of carbonyl (C=O) groups is 1. The van der Waals surface area contributed by atoms with E-state index >= 15 is 0 Å². The quantitative estimate of drug-likeness (QED) is 0.622. The highest BCUT2D eigenvalue weighted by atomic mass is 16.5. The van der Waals surface area contributed by atoms with Gasteiger partial charge in [-0.1, -0.05) is 31.2 Å². The van der Waals surface area contributed by atoms with Gasteiger partial charge in [-0.25, -0.2) is 0 Å². The van der Waals surface area contributed by atoms with Gasteiger partial charge in [-0.2, -0.15) is 0 Å². The van der Waals surface area contributed by atoms with Gasteiger partial charge in [-0.05, 0) is 44.4 Å². The SMILES string of the molecule is C=CC1=C[C@@H]2[C@H](O)C(=O)[C@H](O)C[C@H](C)[C@@H]3CC[C@@H](C[C@H](O)C4=NCC[C@@]42CC1)O3. The standard InChI is InChI=1S/C23H33NO5/c1-3-14-6-7-23-8-9-24-22(23)18(26)12-15-4-5-19(29-15)13(2)10-17(25)21(28)20(27)16(23)11-14/h3,11,13,15-20,25-27H,1,4-10,12H2,2H3/t13-,15-,16+,17+,18-,19-,20-,23+/m0/s1. The predicted molar refractivity (Wildman–Crippen MR) is 110 cm³/mol. The molecule has 3 heterocycles. The number of ketones is 1. The Bertz CT molecular complexity index is 731. The maximum absolute atomic E-state index is 13.0. The fraction of sp³-hybridized carbons (Fsp3) is 0.739. The first-order valence-corrected chi connectivity index (χ1v) is 11.0. The molecule has 0 amide bonds. The molecule has 0 radical (unpaired) electrons. The minimum absolute atomic E-state index is 0.000445. The van der Waals surface area contributed by atoms with Crippen molar-refractivity contribution in [2.24, 2.45) is 22.2 Å². The molecule has 1 aliphatic carbocycles. The zero-order chi connectivity index (χ0) is 20.8. The zero-order valence-electron chi connectivity index (χ0n) is 17.2. The molecule has 4 aliphatic rings. The Balaban J connectivity index is 1.75. The van der Waals surface area contributed by atoms with Crippen LogP contribution in [0.3, 0.4) is 0 Å². The summed E-state index contributed by atoms with van der Waals surface area (Å²) in [6.45, 7) is 6.40. The highest BCUT2D eigenvalue weighted by molar-refractivity contribution is 5.97. The Morgan fingerprint density at radius 1 is 1.21 bits per heavy atom. The fourth-order valence-electron chi connectivity index (χ4n) is 5.94. The second-order valence-electron chi connectivity index (χ2n) is 9.35. The number of rotatable bonds is 1. The van der Waals surface area contributed by atoms with Crippen LogP contribution in [0.2, 0.25) is 0 Å². The van der Waals surface area contributed by atoms with Crippen molar-refractivity contribution < 1.29 is 24.9 Å². The molecule has 4 rings (SSSR count). The first-order valence-electron chi connectivity index (χ1n) is 11.0. The number of aliphatic hydroxyl groups is 3. The van der Waals surface area contributed by atoms with Gasteiger partial charge < -0.3 is 20.1 Å². The largest absolute Gasteiger partial charge is 0.387 e. The van der Waals surface area contributed by atoms with Crippen LogP contribution in [-0.2, 0) is 9.53 Å². The number of hydrogen-bond donors (Lipinski definition) is 3. The molecule has 2 bridgehead atoms. The van der Waals surface area contributed by atoms with Crippen LogP contribution in [0.15, 0.2) is 29.3 Å². The lowest BCUT2D eigenvalue weighted by Crippen LogP contribution is -2.51. The van der Waals surface area contributed by atoms with Crippen molar-refractivity contribution in [2.45, 2.75) is 82.4 Å². The topological polar surface area (TPSA) is 99.4 Å². The van der Waals surface area contributed by atoms with Gasteiger partial charge in [-0.3, -0.25) is 9.79 Å². The number of Topliss-reactive ketones (excluding diaryl/α,β-unsaturated/α-hetero) is 1. The summed E-state index contributed by atoms with van der Waals surface area (Å²) in [4.78, 5) is 17.7. The van der Waals surface area contributed by atoms with Crippen molar-refractivity contribution in [2.75, 3.05) is 6.54 Å². The lowest BCUT2D eigenvalue weighted by molar-refractivity contribution is -0.140. The van der Waals surface area contributed by atoms with Crippen LogP contribution >= 0.6 is 0 Å². The lowest BCUT2D eigenvalue weighted by atomic mass is 9.60. The minimum atomic E-state index is -1.33. The molecule has 0 aromatic rings. The molecular weight excluding hydrogens is 370 g/mol. The van der Waals surface area contributed by atoms with Crippen LogP contribution in [0.25, 0.3) is 0 Å². The van der Waals surface area contributed by atoms with Crippen molar-refractivity contribution in [1.29, 1.82) is 0 Å². The number of allylic oxidation sites excluding steroid dienone is 2. The Labute approximate surface area is 172 Å². The second-order valence-corrected chi connectivity index (χ2v) is 9.35. The van der Waals surface area contributed by atoms with E-state index in [4.69, 9.17) is 4.74 Å². The average Bonchev–Trinajstić information content (AvgIpc) is 3.34. The maximum Gasteiger partial charge on any atom is 0.190 e. The Morgan fingerprint density at radius 2 is 2.00 bits per heavy atom. The summed E-state index contributed by atoms with van der Waals surface area (Å²) in [6, 6.07) is 0. The van der Waals surface area contributed by atoms with Gasteiger partial charge in [0.15, 0.2) is 5.78 Å². The molecule has 3 N–H and O–H groups in total. The molecule has 8 atom stereocenters. The molecule has 29 heavy (non-hydrogen) atoms. The van der Waals surface area contributed by atoms with E-state index < -0.39 is 35.4 Å². The van der Waals surface area contributed by atoms with Gasteiger partial charge in [0.2, 0.25) is 0 Å². The molecule has 0 aromatic carbocycles. The summed E-state index contributed by atoms with van der Waals surface area (Å²) in [5, 5.41) is 32.8. The number of aliphatic hydroxyl groups excluding tert-OH is 3. The normalized spacial score (nSPS) is 45.8. The second kappa shape index (κ2) is 8.06. The lowest BCUT2D eigenvalue weighted by Gasteiger charge is -2.44. The van der Waals surface area contributed by atoms with Crippen molar-refractivity contribution >= 4 is 11.5 Å². The first kappa shape index (κ1) is 20.9. The first-order chi connectivity index (χ1) is 13.9. The van der Waals surface area contributed by atoms with E-state index in [0.717, 1.165) is 24.8 Å². The molecule has 0 aromatic heterocycles. The molecule has 3 aliphatic heterocycles. The number of fused-ring (bicyclic) bond motifs is 2. The molecule has 6 heteroatoms. The van der Waals surface area contributed by atoms with Crippen LogP contribution in [0.4, 0.5) is 0 Å². The molecule has 1 spiro atoms. The van der Waals surface area contributed by atoms with Crippen LogP contribution < -0.4 is 0 Å². The average molecular weight is 404 g/mol. The number of hydrogen-bond acceptors (Lipinski definition) is 6. The van der Waals surface area contributed by atoms with Crippen LogP contribution in [-0.4, -0.2) is 63.9 Å². The van der Waals surface area contributed by atoms with Gasteiger partial charge in [0, 0.05) is 30.0 Å². The zero-order valence-corrected chi connectivity index (χ0v) is 17.2. The fourth-order valence-corrected chi connectivity index (χ4v) is 5.94. The Hall–Kier alpha value is -1.34. The summed E-state index contributed by atoms with van der Waals surface area (Å²) >= 11 is 0. The molecule has 160 valence electrons. The predicted octanol–water partition coefficient (Wildman–Crippen LogP) is 1.97. The molecular formula is C23H33NO5. The van der Waals surface area contributed by atoms with Crippen molar-refractivity contribution in [3.63, 3.8) is 0 Å². The third-order valence-electron chi connectivity index (χ3n) is 7.64. The number of aliphatic imine (C=N–C) groups is 1. The van der Waals surface area contributed by atoms with Crippen molar-refractivity contribution in [3.8, 4) is 0 Å². The van der Waals surface area contributed by atoms with E-state index in [1.165, 1.54) is 0 Å². The molecule has 0 unspecified atom stereocenters. The van der Waals surface area contributed by atoms with Gasteiger partial charge in [-0.15, -0.1) is 0 Å². The van der Waals surface area contributed by atoms with Crippen LogP contribution in [0.5, 0.6) is 0 Å². The number of ether oxygens (including phenoxy) is 1. The van der Waals surface area contributed by atoms with Gasteiger partial charge in [0.05, 0.1) is 18.3 Å². The molecule has 0 saturated carbocycles. The van der Waals surface area contributed by atoms with Crippen LogP contribution in [0, 0.1) is 17.3 Å². The van der Waals surface area contributed by atoms with E-state index in [-0.39, 0.29) is 24.5 Å². The summed E-state index contributed by atoms with van der Waals surface area (Å²) in [7, 11) is 0. The van der Waals surface area contributed by atoms with E-state index in [9.17, 15) is 20.1 Å². The van der Waals surface area contributed by atoms with Crippen molar-refractivity contribution in [1.82, 2.24) is 0 Å². The van der Waals surface area contributed by atoms with E-state index in [2.05, 4.69) is 11.6 Å². The van der Waals surface area contributed by atoms with Crippen molar-refractivity contribution in [3.05, 3.63) is 24.3 Å². The summed E-state index contributed by atoms with van der Waals surface area (Å²) in [6.07, 6.45) is 4.94. The summed E-state index contributed by atoms with van der Waals surface area (Å²) < 4.78 is 6.16. The monoisotopic (exact) mass is 403 g/mol. The minimum Gasteiger partial charge on any atom is -0.387 e. The third kappa shape index (κ3) is 3.65. The van der Waals surface area contributed by atoms with E-state index in [1.807, 2.05) is 13.0 Å². The summed E-state index contributed by atoms with van der Waals surface area (Å²) in [5.41, 5.74) is 1.13. The Kier molecular flexibility index (Phi) is 5.81. The van der Waals surface area contributed by atoms with Gasteiger partial charge >= 0.3 is 0 Å². The highest BCUT2D eigenvalue weighted by Gasteiger charge is 2.53. The summed E-state index contributed by atoms with van der Waals surface area (Å²) in [5.74, 6) is -1.06.